The summed E-state index contributed by atoms with van der Waals surface area (Å²) in [5, 5.41) is 6.46. The summed E-state index contributed by atoms with van der Waals surface area (Å²) in [6.07, 6.45) is 0. The smallest absolute Gasteiger partial charge is 0.341 e. The zero-order valence-electron chi connectivity index (χ0n) is 14.2. The fraction of sp³-hybridized carbons (Fsp3) is 0.263. The Morgan fingerprint density at radius 3 is 2.52 bits per heavy atom. The molecule has 130 valence electrons. The van der Waals surface area contributed by atoms with Crippen LogP contribution >= 0.6 is 11.6 Å². The quantitative estimate of drug-likeness (QED) is 0.821. The molecule has 0 radical (unpaired) electrons. The van der Waals surface area contributed by atoms with Gasteiger partial charge in [0.25, 0.3) is 11.6 Å². The van der Waals surface area contributed by atoms with E-state index in [1.54, 1.807) is 48.5 Å². The number of benzene rings is 2. The molecule has 1 atom stereocenters. The lowest BCUT2D eigenvalue weighted by atomic mass is 9.97. The van der Waals surface area contributed by atoms with E-state index in [1.165, 1.54) is 0 Å². The second kappa shape index (κ2) is 6.08. The second-order valence-electron chi connectivity index (χ2n) is 6.96. The van der Waals surface area contributed by atoms with E-state index in [0.717, 1.165) is 0 Å². The maximum atomic E-state index is 13.1. The monoisotopic (exact) mass is 358 g/mol. The molecule has 0 saturated heterocycles. The topological polar surface area (TPSA) is 67.4 Å². The minimum Gasteiger partial charge on any atom is -0.421 e. The number of rotatable bonds is 3. The highest BCUT2D eigenvalue weighted by molar-refractivity contribution is 6.30. The van der Waals surface area contributed by atoms with E-state index in [2.05, 4.69) is 10.6 Å². The number of fused-ring (bicyclic) bond motifs is 1. The predicted octanol–water partition coefficient (Wildman–Crippen LogP) is 3.69. The second-order valence-corrected chi connectivity index (χ2v) is 7.39. The molecule has 0 aliphatic carbocycles. The average molecular weight is 359 g/mol. The third kappa shape index (κ3) is 3.33. The molecule has 6 heteroatoms. The Labute approximate surface area is 151 Å². The van der Waals surface area contributed by atoms with Crippen LogP contribution in [0, 0.1) is 0 Å². The van der Waals surface area contributed by atoms with Crippen LogP contribution in [0.15, 0.2) is 48.5 Å². The van der Waals surface area contributed by atoms with Crippen LogP contribution in [-0.2, 0) is 15.3 Å². The summed E-state index contributed by atoms with van der Waals surface area (Å²) >= 11 is 6.04. The molecule has 25 heavy (non-hydrogen) atoms. The van der Waals surface area contributed by atoms with Gasteiger partial charge in [-0.2, -0.15) is 0 Å². The van der Waals surface area contributed by atoms with Crippen molar-refractivity contribution in [3.8, 4) is 0 Å². The van der Waals surface area contributed by atoms with Crippen LogP contribution in [0.25, 0.3) is 0 Å². The number of amides is 1. The molecule has 2 N–H and O–H groups in total. The molecule has 0 spiro atoms. The number of esters is 1. The summed E-state index contributed by atoms with van der Waals surface area (Å²) in [6, 6.07) is 13.8. The fourth-order valence-corrected chi connectivity index (χ4v) is 2.92. The Bertz CT molecular complexity index is 845. The van der Waals surface area contributed by atoms with Gasteiger partial charge in [-0.25, -0.2) is 4.79 Å². The van der Waals surface area contributed by atoms with E-state index < -0.39 is 23.1 Å². The van der Waals surface area contributed by atoms with Crippen molar-refractivity contribution in [3.63, 3.8) is 0 Å². The lowest BCUT2D eigenvalue weighted by molar-refractivity contribution is -0.139. The molecule has 3 rings (SSSR count). The Kier molecular flexibility index (Phi) is 4.21. The molecule has 1 aliphatic rings. The molecule has 0 bridgehead atoms. The molecule has 2 aromatic rings. The van der Waals surface area contributed by atoms with Gasteiger partial charge in [-0.05, 0) is 45.0 Å². The van der Waals surface area contributed by atoms with E-state index in [1.807, 2.05) is 20.8 Å². The van der Waals surface area contributed by atoms with Crippen molar-refractivity contribution in [3.05, 3.63) is 64.7 Å². The molecule has 1 unspecified atom stereocenters. The maximum Gasteiger partial charge on any atom is 0.341 e. The summed E-state index contributed by atoms with van der Waals surface area (Å²) < 4.78 is 5.57. The van der Waals surface area contributed by atoms with Crippen molar-refractivity contribution in [2.45, 2.75) is 32.0 Å². The molecular weight excluding hydrogens is 340 g/mol. The van der Waals surface area contributed by atoms with Gasteiger partial charge in [0.15, 0.2) is 0 Å². The van der Waals surface area contributed by atoms with Crippen LogP contribution in [0.3, 0.4) is 0 Å². The summed E-state index contributed by atoms with van der Waals surface area (Å²) in [4.78, 5) is 25.4. The highest BCUT2D eigenvalue weighted by Gasteiger charge is 2.52. The number of ether oxygens (including phenoxy) is 1. The standard InChI is InChI=1S/C19H19ClN2O3/c1-18(2,3)22-17(24)19(21-13-8-6-7-12(20)11-13)15-10-5-4-9-14(15)16(23)25-19/h4-11,21H,1-3H3,(H,22,24). The number of cyclic esters (lactones) is 1. The first-order valence-electron chi connectivity index (χ1n) is 7.90. The van der Waals surface area contributed by atoms with Gasteiger partial charge in [-0.15, -0.1) is 0 Å². The van der Waals surface area contributed by atoms with Crippen LogP contribution in [0.5, 0.6) is 0 Å². The van der Waals surface area contributed by atoms with Crippen molar-refractivity contribution in [1.29, 1.82) is 0 Å². The van der Waals surface area contributed by atoms with E-state index in [-0.39, 0.29) is 0 Å². The van der Waals surface area contributed by atoms with Crippen LogP contribution in [0.2, 0.25) is 5.02 Å². The summed E-state index contributed by atoms with van der Waals surface area (Å²) in [6.45, 7) is 5.59. The lowest BCUT2D eigenvalue weighted by Crippen LogP contribution is -2.55. The highest BCUT2D eigenvalue weighted by atomic mass is 35.5. The SMILES string of the molecule is CC(C)(C)NC(=O)C1(Nc2cccc(Cl)c2)OC(=O)c2ccccc21. The van der Waals surface area contributed by atoms with E-state index in [4.69, 9.17) is 16.3 Å². The summed E-state index contributed by atoms with van der Waals surface area (Å²) in [5.74, 6) is -0.993. The molecule has 1 aliphatic heterocycles. The minimum atomic E-state index is -1.65. The third-order valence-electron chi connectivity index (χ3n) is 3.73. The molecule has 0 aromatic heterocycles. The van der Waals surface area contributed by atoms with Crippen LogP contribution < -0.4 is 10.6 Å². The number of carbonyl (C=O) groups excluding carboxylic acids is 2. The normalized spacial score (nSPS) is 19.1. The lowest BCUT2D eigenvalue weighted by Gasteiger charge is -2.33. The molecule has 0 saturated carbocycles. The molecule has 0 fully saturated rings. The van der Waals surface area contributed by atoms with Gasteiger partial charge in [0.2, 0.25) is 0 Å². The van der Waals surface area contributed by atoms with Crippen molar-refractivity contribution >= 4 is 29.2 Å². The molecule has 5 nitrogen and oxygen atoms in total. The van der Waals surface area contributed by atoms with E-state index >= 15 is 0 Å². The van der Waals surface area contributed by atoms with E-state index in [0.29, 0.717) is 21.8 Å². The van der Waals surface area contributed by atoms with Crippen molar-refractivity contribution < 1.29 is 14.3 Å². The zero-order chi connectivity index (χ0) is 18.2. The first kappa shape index (κ1) is 17.3. The Balaban J connectivity index is 2.10. The van der Waals surface area contributed by atoms with Gasteiger partial charge >= 0.3 is 5.97 Å². The van der Waals surface area contributed by atoms with Crippen LogP contribution in [0.4, 0.5) is 5.69 Å². The molecule has 1 heterocycles. The predicted molar refractivity (Wildman–Crippen MR) is 96.5 cm³/mol. The zero-order valence-corrected chi connectivity index (χ0v) is 15.0. The third-order valence-corrected chi connectivity index (χ3v) is 3.96. The number of halogens is 1. The maximum absolute atomic E-state index is 13.1. The first-order valence-corrected chi connectivity index (χ1v) is 8.28. The fourth-order valence-electron chi connectivity index (χ4n) is 2.73. The number of anilines is 1. The van der Waals surface area contributed by atoms with Gasteiger partial charge in [0, 0.05) is 21.8 Å². The minimum absolute atomic E-state index is 0.362. The Hall–Kier alpha value is -2.53. The number of hydrogen-bond donors (Lipinski definition) is 2. The average Bonchev–Trinajstić information content (AvgIpc) is 2.80. The summed E-state index contributed by atoms with van der Waals surface area (Å²) in [7, 11) is 0. The number of hydrogen-bond acceptors (Lipinski definition) is 4. The number of carbonyl (C=O) groups is 2. The van der Waals surface area contributed by atoms with Gasteiger partial charge < -0.3 is 15.4 Å². The largest absolute Gasteiger partial charge is 0.421 e. The van der Waals surface area contributed by atoms with E-state index in [9.17, 15) is 9.59 Å². The molecule has 2 aromatic carbocycles. The molecular formula is C19H19ClN2O3. The Morgan fingerprint density at radius 2 is 1.84 bits per heavy atom. The van der Waals surface area contributed by atoms with Crippen LogP contribution in [-0.4, -0.2) is 17.4 Å². The highest BCUT2D eigenvalue weighted by Crippen LogP contribution is 2.38. The number of nitrogens with one attached hydrogen (secondary N) is 2. The van der Waals surface area contributed by atoms with Crippen molar-refractivity contribution in [2.24, 2.45) is 0 Å². The van der Waals surface area contributed by atoms with Gasteiger partial charge in [-0.1, -0.05) is 35.9 Å². The van der Waals surface area contributed by atoms with Gasteiger partial charge in [0.1, 0.15) is 0 Å². The summed E-state index contributed by atoms with van der Waals surface area (Å²) in [5.41, 5.74) is -0.737. The van der Waals surface area contributed by atoms with Crippen molar-refractivity contribution in [1.82, 2.24) is 5.32 Å². The van der Waals surface area contributed by atoms with Crippen LogP contribution in [0.1, 0.15) is 36.7 Å². The van der Waals surface area contributed by atoms with Gasteiger partial charge in [-0.3, -0.25) is 4.79 Å². The molecule has 1 amide bonds. The van der Waals surface area contributed by atoms with Crippen molar-refractivity contribution in [2.75, 3.05) is 5.32 Å². The Morgan fingerprint density at radius 1 is 1.12 bits per heavy atom. The van der Waals surface area contributed by atoms with Gasteiger partial charge in [0.05, 0.1) is 5.56 Å². The first-order chi connectivity index (χ1) is 11.7.